The number of fused-ring (bicyclic) bond motifs is 1. The minimum atomic E-state index is -1.30. The summed E-state index contributed by atoms with van der Waals surface area (Å²) in [4.78, 5) is 33.2. The van der Waals surface area contributed by atoms with E-state index in [-0.39, 0.29) is 10.7 Å². The number of amides is 3. The fourth-order valence-electron chi connectivity index (χ4n) is 1.39. The van der Waals surface area contributed by atoms with Gasteiger partial charge in [0, 0.05) is 12.2 Å². The van der Waals surface area contributed by atoms with Gasteiger partial charge in [-0.1, -0.05) is 11.6 Å². The molecule has 0 bridgehead atoms. The molecule has 0 saturated carbocycles. The molecule has 1 aromatic heterocycles. The average Bonchev–Trinajstić information content (AvgIpc) is 2.88. The van der Waals surface area contributed by atoms with Crippen molar-refractivity contribution in [2.45, 2.75) is 0 Å². The number of carbonyl (C=O) groups excluding carboxylic acids is 2. The van der Waals surface area contributed by atoms with Gasteiger partial charge in [0.1, 0.15) is 11.0 Å². The van der Waals surface area contributed by atoms with E-state index in [2.05, 4.69) is 14.1 Å². The Morgan fingerprint density at radius 1 is 1.24 bits per heavy atom. The van der Waals surface area contributed by atoms with E-state index in [1.807, 2.05) is 5.32 Å². The molecule has 8 nitrogen and oxygen atoms in total. The maximum atomic E-state index is 11.7. The molecule has 1 heterocycles. The van der Waals surface area contributed by atoms with Crippen molar-refractivity contribution in [3.05, 3.63) is 29.3 Å². The van der Waals surface area contributed by atoms with Crippen molar-refractivity contribution in [1.82, 2.24) is 14.1 Å². The number of nitrogens with one attached hydrogen (secondary N) is 2. The summed E-state index contributed by atoms with van der Waals surface area (Å²) >= 11 is 6.92. The van der Waals surface area contributed by atoms with E-state index in [9.17, 15) is 14.4 Å². The number of hydrogen-bond donors (Lipinski definition) is 3. The van der Waals surface area contributed by atoms with Crippen molar-refractivity contribution in [2.24, 2.45) is 0 Å². The molecule has 0 radical (unpaired) electrons. The molecule has 3 N–H and O–H groups in total. The van der Waals surface area contributed by atoms with Crippen LogP contribution < -0.4 is 10.6 Å². The Kier molecular flexibility index (Phi) is 4.45. The fourth-order valence-corrected chi connectivity index (χ4v) is 2.13. The molecule has 21 heavy (non-hydrogen) atoms. The largest absolute Gasteiger partial charge is 0.478 e. The van der Waals surface area contributed by atoms with Gasteiger partial charge in [0.2, 0.25) is 0 Å². The Hall–Kier alpha value is -2.52. The molecule has 1 aromatic carbocycles. The third kappa shape index (κ3) is 3.74. The molecular formula is C11H7ClN4O4S. The predicted molar refractivity (Wildman–Crippen MR) is 76.4 cm³/mol. The highest BCUT2D eigenvalue weighted by Gasteiger charge is 2.13. The van der Waals surface area contributed by atoms with E-state index >= 15 is 0 Å². The van der Waals surface area contributed by atoms with Crippen molar-refractivity contribution >= 4 is 58.0 Å². The first-order valence-corrected chi connectivity index (χ1v) is 6.52. The topological polar surface area (TPSA) is 121 Å². The van der Waals surface area contributed by atoms with Crippen LogP contribution in [-0.2, 0) is 9.59 Å². The van der Waals surface area contributed by atoms with Crippen LogP contribution in [0, 0.1) is 0 Å². The first-order chi connectivity index (χ1) is 9.97. The number of benzene rings is 1. The molecule has 0 aliphatic rings. The van der Waals surface area contributed by atoms with Crippen LogP contribution in [0.3, 0.4) is 0 Å². The summed E-state index contributed by atoms with van der Waals surface area (Å²) in [7, 11) is 0. The van der Waals surface area contributed by atoms with Crippen LogP contribution in [0.4, 0.5) is 10.5 Å². The summed E-state index contributed by atoms with van der Waals surface area (Å²) in [5.41, 5.74) is 1.17. The second-order valence-corrected chi connectivity index (χ2v) is 4.60. The Labute approximate surface area is 126 Å². The first-order valence-electron chi connectivity index (χ1n) is 5.41. The standard InChI is InChI=1S/C11H7ClN4O4S/c12-5-1-2-6-10(16-21-15-6)9(5)14-11(20)13-7(17)3-4-8(18)19/h1-4H,(H,18,19)(H2,13,14,17,20). The molecule has 2 rings (SSSR count). The van der Waals surface area contributed by atoms with Crippen LogP contribution in [0.25, 0.3) is 11.0 Å². The lowest BCUT2D eigenvalue weighted by Crippen LogP contribution is -2.33. The summed E-state index contributed by atoms with van der Waals surface area (Å²) < 4.78 is 7.99. The van der Waals surface area contributed by atoms with Crippen molar-refractivity contribution in [2.75, 3.05) is 5.32 Å². The lowest BCUT2D eigenvalue weighted by molar-refractivity contribution is -0.131. The highest BCUT2D eigenvalue weighted by molar-refractivity contribution is 7.00. The number of halogens is 1. The summed E-state index contributed by atoms with van der Waals surface area (Å²) in [6, 6.07) is 2.32. The van der Waals surface area contributed by atoms with Gasteiger partial charge in [-0.3, -0.25) is 10.1 Å². The summed E-state index contributed by atoms with van der Waals surface area (Å²) in [5, 5.41) is 12.9. The van der Waals surface area contributed by atoms with Gasteiger partial charge in [0.15, 0.2) is 0 Å². The number of aliphatic carboxylic acids is 1. The molecule has 108 valence electrons. The average molecular weight is 327 g/mol. The van der Waals surface area contributed by atoms with E-state index in [0.29, 0.717) is 23.2 Å². The molecule has 0 fully saturated rings. The van der Waals surface area contributed by atoms with Crippen molar-refractivity contribution < 1.29 is 19.5 Å². The van der Waals surface area contributed by atoms with Crippen LogP contribution in [0.1, 0.15) is 0 Å². The van der Waals surface area contributed by atoms with Gasteiger partial charge >= 0.3 is 12.0 Å². The number of aromatic nitrogens is 2. The molecule has 2 aromatic rings. The predicted octanol–water partition coefficient (Wildman–Crippen LogP) is 1.63. The number of carboxylic acids is 1. The third-order valence-electron chi connectivity index (χ3n) is 2.23. The van der Waals surface area contributed by atoms with Crippen LogP contribution in [0.5, 0.6) is 0 Å². The zero-order valence-corrected chi connectivity index (χ0v) is 11.7. The number of carboxylic acid groups (broad SMARTS) is 1. The monoisotopic (exact) mass is 326 g/mol. The van der Waals surface area contributed by atoms with Gasteiger partial charge in [-0.2, -0.15) is 8.75 Å². The number of carbonyl (C=O) groups is 3. The number of nitrogens with zero attached hydrogens (tertiary/aromatic N) is 2. The highest BCUT2D eigenvalue weighted by Crippen LogP contribution is 2.29. The maximum absolute atomic E-state index is 11.7. The minimum absolute atomic E-state index is 0.218. The Bertz CT molecular complexity index is 758. The van der Waals surface area contributed by atoms with Gasteiger partial charge in [0.05, 0.1) is 22.4 Å². The Morgan fingerprint density at radius 3 is 2.71 bits per heavy atom. The van der Waals surface area contributed by atoms with Crippen LogP contribution in [-0.4, -0.2) is 31.8 Å². The molecule has 0 aliphatic carbocycles. The van der Waals surface area contributed by atoms with Gasteiger partial charge in [0.25, 0.3) is 5.91 Å². The molecule has 0 spiro atoms. The van der Waals surface area contributed by atoms with Crippen LogP contribution in [0.2, 0.25) is 5.02 Å². The minimum Gasteiger partial charge on any atom is -0.478 e. The van der Waals surface area contributed by atoms with Crippen molar-refractivity contribution in [3.8, 4) is 0 Å². The second-order valence-electron chi connectivity index (χ2n) is 3.67. The molecule has 0 saturated heterocycles. The summed E-state index contributed by atoms with van der Waals surface area (Å²) in [5.74, 6) is -2.18. The van der Waals surface area contributed by atoms with Gasteiger partial charge in [-0.25, -0.2) is 9.59 Å². The number of urea groups is 1. The van der Waals surface area contributed by atoms with Gasteiger partial charge < -0.3 is 10.4 Å². The van der Waals surface area contributed by atoms with Crippen LogP contribution in [0.15, 0.2) is 24.3 Å². The highest BCUT2D eigenvalue weighted by atomic mass is 35.5. The summed E-state index contributed by atoms with van der Waals surface area (Å²) in [6.07, 6.45) is 1.33. The summed E-state index contributed by atoms with van der Waals surface area (Å²) in [6.45, 7) is 0. The van der Waals surface area contributed by atoms with E-state index in [4.69, 9.17) is 16.7 Å². The molecule has 0 unspecified atom stereocenters. The second kappa shape index (κ2) is 6.29. The quantitative estimate of drug-likeness (QED) is 0.737. The Balaban J connectivity index is 2.11. The Morgan fingerprint density at radius 2 is 2.00 bits per heavy atom. The van der Waals surface area contributed by atoms with E-state index in [1.165, 1.54) is 6.07 Å². The SMILES string of the molecule is O=C(O)C=CC(=O)NC(=O)Nc1c(Cl)ccc2nsnc12. The number of rotatable bonds is 3. The van der Waals surface area contributed by atoms with E-state index < -0.39 is 17.9 Å². The fraction of sp³-hybridized carbons (Fsp3) is 0. The first kappa shape index (κ1) is 14.9. The number of imide groups is 1. The van der Waals surface area contributed by atoms with Crippen LogP contribution >= 0.6 is 23.3 Å². The molecule has 3 amide bonds. The van der Waals surface area contributed by atoms with Crippen molar-refractivity contribution in [1.29, 1.82) is 0 Å². The van der Waals surface area contributed by atoms with Crippen molar-refractivity contribution in [3.63, 3.8) is 0 Å². The molecule has 0 aliphatic heterocycles. The molecule has 10 heteroatoms. The zero-order chi connectivity index (χ0) is 15.4. The lowest BCUT2D eigenvalue weighted by atomic mass is 10.2. The smallest absolute Gasteiger partial charge is 0.328 e. The molecule has 0 atom stereocenters. The zero-order valence-electron chi connectivity index (χ0n) is 10.2. The van der Waals surface area contributed by atoms with Gasteiger partial charge in [-0.05, 0) is 12.1 Å². The number of hydrogen-bond acceptors (Lipinski definition) is 6. The molecular weight excluding hydrogens is 320 g/mol. The van der Waals surface area contributed by atoms with E-state index in [1.54, 1.807) is 6.07 Å². The normalized spacial score (nSPS) is 10.7. The third-order valence-corrected chi connectivity index (χ3v) is 3.09. The maximum Gasteiger partial charge on any atom is 0.328 e. The van der Waals surface area contributed by atoms with E-state index in [0.717, 1.165) is 11.7 Å². The van der Waals surface area contributed by atoms with Gasteiger partial charge in [-0.15, -0.1) is 0 Å². The lowest BCUT2D eigenvalue weighted by Gasteiger charge is -2.07. The number of anilines is 1.